The lowest BCUT2D eigenvalue weighted by atomic mass is 10.2. The van der Waals surface area contributed by atoms with Gasteiger partial charge < -0.3 is 5.11 Å². The Morgan fingerprint density at radius 1 is 1.37 bits per heavy atom. The minimum Gasteiger partial charge on any atom is -0.481 e. The molecule has 1 unspecified atom stereocenters. The summed E-state index contributed by atoms with van der Waals surface area (Å²) in [5.41, 5.74) is 0. The third kappa shape index (κ3) is 4.15. The number of halogens is 1. The number of benzene rings is 1. The third-order valence-electron chi connectivity index (χ3n) is 2.69. The summed E-state index contributed by atoms with van der Waals surface area (Å²) in [6, 6.07) is 5.92. The van der Waals surface area contributed by atoms with Gasteiger partial charge in [-0.05, 0) is 53.8 Å². The summed E-state index contributed by atoms with van der Waals surface area (Å²) < 4.78 is 27.0. The van der Waals surface area contributed by atoms with Crippen LogP contribution in [0.5, 0.6) is 0 Å². The largest absolute Gasteiger partial charge is 0.481 e. The summed E-state index contributed by atoms with van der Waals surface area (Å²) in [5, 5.41) is 8.78. The fourth-order valence-corrected chi connectivity index (χ4v) is 3.81. The Kier molecular flexibility index (Phi) is 5.75. The number of nitrogens with zero attached hydrogens (tertiary/aromatic N) is 1. The third-order valence-corrected chi connectivity index (χ3v) is 5.52. The van der Waals surface area contributed by atoms with Crippen molar-refractivity contribution < 1.29 is 18.3 Å². The maximum atomic E-state index is 12.4. The molecular formula is C12H16INO4S. The molecule has 1 N–H and O–H groups in total. The number of carboxylic acid groups (broad SMARTS) is 1. The number of sulfonamides is 1. The van der Waals surface area contributed by atoms with Gasteiger partial charge in [0.25, 0.3) is 0 Å². The number of carboxylic acids is 1. The zero-order chi connectivity index (χ0) is 14.6. The fraction of sp³-hybridized carbons (Fsp3) is 0.417. The second-order valence-corrected chi connectivity index (χ2v) is 7.25. The Labute approximate surface area is 126 Å². The van der Waals surface area contributed by atoms with Crippen molar-refractivity contribution in [3.05, 3.63) is 27.8 Å². The Bertz CT molecular complexity index is 541. The highest BCUT2D eigenvalue weighted by molar-refractivity contribution is 14.1. The van der Waals surface area contributed by atoms with E-state index in [9.17, 15) is 13.2 Å². The predicted molar refractivity (Wildman–Crippen MR) is 80.4 cm³/mol. The van der Waals surface area contributed by atoms with E-state index in [1.54, 1.807) is 26.0 Å². The summed E-state index contributed by atoms with van der Waals surface area (Å²) in [5.74, 6) is -1.01. The molecule has 0 aliphatic rings. The zero-order valence-corrected chi connectivity index (χ0v) is 13.7. The summed E-state index contributed by atoms with van der Waals surface area (Å²) in [6.45, 7) is 3.53. The quantitative estimate of drug-likeness (QED) is 0.747. The molecule has 0 spiro atoms. The summed E-state index contributed by atoms with van der Waals surface area (Å²) in [4.78, 5) is 10.9. The lowest BCUT2D eigenvalue weighted by Crippen LogP contribution is -2.39. The smallest absolute Gasteiger partial charge is 0.304 e. The Hall–Kier alpha value is -0.670. The van der Waals surface area contributed by atoms with Gasteiger partial charge in [0.2, 0.25) is 10.0 Å². The van der Waals surface area contributed by atoms with Crippen LogP contribution in [0.4, 0.5) is 0 Å². The van der Waals surface area contributed by atoms with Gasteiger partial charge in [-0.2, -0.15) is 4.31 Å². The number of hydrogen-bond acceptors (Lipinski definition) is 3. The minimum absolute atomic E-state index is 0.187. The Balaban J connectivity index is 3.08. The van der Waals surface area contributed by atoms with Gasteiger partial charge in [-0.3, -0.25) is 4.79 Å². The first-order valence-corrected chi connectivity index (χ1v) is 8.30. The van der Waals surface area contributed by atoms with Crippen molar-refractivity contribution in [3.8, 4) is 0 Å². The average molecular weight is 397 g/mol. The zero-order valence-electron chi connectivity index (χ0n) is 10.7. The molecule has 106 valence electrons. The van der Waals surface area contributed by atoms with Crippen molar-refractivity contribution in [2.45, 2.75) is 31.2 Å². The van der Waals surface area contributed by atoms with Crippen LogP contribution in [0.2, 0.25) is 0 Å². The van der Waals surface area contributed by atoms with E-state index in [1.807, 2.05) is 0 Å². The van der Waals surface area contributed by atoms with Gasteiger partial charge in [0.1, 0.15) is 0 Å². The SMILES string of the molecule is CCN(C(C)CC(=O)O)S(=O)(=O)c1ccc(I)cc1. The molecule has 0 saturated heterocycles. The molecule has 1 rings (SSSR count). The van der Waals surface area contributed by atoms with E-state index in [0.717, 1.165) is 3.57 Å². The standard InChI is InChI=1S/C12H16INO4S/c1-3-14(9(2)8-12(15)16)19(17,18)11-6-4-10(13)5-7-11/h4-7,9H,3,8H2,1-2H3,(H,15,16). The van der Waals surface area contributed by atoms with Crippen LogP contribution in [0.15, 0.2) is 29.2 Å². The summed E-state index contributed by atoms with van der Waals surface area (Å²) >= 11 is 2.09. The van der Waals surface area contributed by atoms with E-state index in [1.165, 1.54) is 16.4 Å². The van der Waals surface area contributed by atoms with Crippen LogP contribution in [0.3, 0.4) is 0 Å². The first-order chi connectivity index (χ1) is 8.78. The van der Waals surface area contributed by atoms with Crippen LogP contribution in [-0.4, -0.2) is 36.4 Å². The maximum absolute atomic E-state index is 12.4. The molecule has 0 radical (unpaired) electrons. The number of aliphatic carboxylic acids is 1. The highest BCUT2D eigenvalue weighted by Gasteiger charge is 2.28. The second kappa shape index (κ2) is 6.67. The van der Waals surface area contributed by atoms with E-state index in [2.05, 4.69) is 22.6 Å². The van der Waals surface area contributed by atoms with Crippen LogP contribution in [0.25, 0.3) is 0 Å². The highest BCUT2D eigenvalue weighted by atomic mass is 127. The van der Waals surface area contributed by atoms with E-state index in [0.29, 0.717) is 0 Å². The van der Waals surface area contributed by atoms with Crippen LogP contribution < -0.4 is 0 Å². The Morgan fingerprint density at radius 2 is 1.89 bits per heavy atom. The molecule has 1 aromatic carbocycles. The maximum Gasteiger partial charge on any atom is 0.304 e. The van der Waals surface area contributed by atoms with Crippen molar-refractivity contribution in [1.82, 2.24) is 4.31 Å². The van der Waals surface area contributed by atoms with Crippen molar-refractivity contribution in [1.29, 1.82) is 0 Å². The van der Waals surface area contributed by atoms with Crippen molar-refractivity contribution in [2.75, 3.05) is 6.54 Å². The van der Waals surface area contributed by atoms with Crippen LogP contribution in [0, 0.1) is 3.57 Å². The summed E-state index contributed by atoms with van der Waals surface area (Å²) in [7, 11) is -3.65. The monoisotopic (exact) mass is 397 g/mol. The van der Waals surface area contributed by atoms with Gasteiger partial charge in [0.05, 0.1) is 11.3 Å². The molecule has 0 fully saturated rings. The summed E-state index contributed by atoms with van der Waals surface area (Å²) in [6.07, 6.45) is -0.211. The molecular weight excluding hydrogens is 381 g/mol. The lowest BCUT2D eigenvalue weighted by molar-refractivity contribution is -0.137. The van der Waals surface area contributed by atoms with Gasteiger partial charge >= 0.3 is 5.97 Å². The number of hydrogen-bond donors (Lipinski definition) is 1. The highest BCUT2D eigenvalue weighted by Crippen LogP contribution is 2.20. The van der Waals surface area contributed by atoms with E-state index in [-0.39, 0.29) is 17.9 Å². The van der Waals surface area contributed by atoms with Gasteiger partial charge in [0.15, 0.2) is 0 Å². The minimum atomic E-state index is -3.65. The van der Waals surface area contributed by atoms with Gasteiger partial charge in [-0.15, -0.1) is 0 Å². The number of carbonyl (C=O) groups is 1. The van der Waals surface area contributed by atoms with Crippen LogP contribution >= 0.6 is 22.6 Å². The van der Waals surface area contributed by atoms with E-state index < -0.39 is 22.0 Å². The molecule has 5 nitrogen and oxygen atoms in total. The lowest BCUT2D eigenvalue weighted by Gasteiger charge is -2.26. The molecule has 1 aromatic rings. The molecule has 0 aromatic heterocycles. The van der Waals surface area contributed by atoms with Gasteiger partial charge in [-0.25, -0.2) is 8.42 Å². The Morgan fingerprint density at radius 3 is 2.32 bits per heavy atom. The number of rotatable bonds is 6. The first kappa shape index (κ1) is 16.4. The normalized spacial score (nSPS) is 13.5. The molecule has 7 heteroatoms. The molecule has 1 atom stereocenters. The van der Waals surface area contributed by atoms with Crippen LogP contribution in [-0.2, 0) is 14.8 Å². The topological polar surface area (TPSA) is 74.7 Å². The van der Waals surface area contributed by atoms with Crippen LogP contribution in [0.1, 0.15) is 20.3 Å². The molecule has 0 saturated carbocycles. The molecule has 19 heavy (non-hydrogen) atoms. The van der Waals surface area contributed by atoms with E-state index >= 15 is 0 Å². The molecule has 0 bridgehead atoms. The van der Waals surface area contributed by atoms with Gasteiger partial charge in [-0.1, -0.05) is 6.92 Å². The molecule has 0 aliphatic carbocycles. The first-order valence-electron chi connectivity index (χ1n) is 5.78. The molecule has 0 aliphatic heterocycles. The molecule has 0 heterocycles. The van der Waals surface area contributed by atoms with Crippen molar-refractivity contribution >= 4 is 38.6 Å². The average Bonchev–Trinajstić information content (AvgIpc) is 2.28. The fourth-order valence-electron chi connectivity index (χ4n) is 1.82. The van der Waals surface area contributed by atoms with Gasteiger partial charge in [0, 0.05) is 16.2 Å². The molecule has 0 amide bonds. The second-order valence-electron chi connectivity index (χ2n) is 4.11. The van der Waals surface area contributed by atoms with Crippen molar-refractivity contribution in [2.24, 2.45) is 0 Å². The van der Waals surface area contributed by atoms with Crippen molar-refractivity contribution in [3.63, 3.8) is 0 Å². The van der Waals surface area contributed by atoms with E-state index in [4.69, 9.17) is 5.11 Å². The predicted octanol–water partition coefficient (Wildman–Crippen LogP) is 2.17.